The van der Waals surface area contributed by atoms with E-state index >= 15 is 0 Å². The van der Waals surface area contributed by atoms with Crippen LogP contribution in [0.25, 0.3) is 0 Å². The van der Waals surface area contributed by atoms with Crippen LogP contribution in [0.2, 0.25) is 0 Å². The average molecular weight is 301 g/mol. The highest BCUT2D eigenvalue weighted by atomic mass is 16.5. The molecule has 1 aromatic rings. The highest BCUT2D eigenvalue weighted by molar-refractivity contribution is 6.06. The number of carbonyl (C=O) groups is 2. The first kappa shape index (κ1) is 15.8. The van der Waals surface area contributed by atoms with Crippen LogP contribution in [0, 0.1) is 11.3 Å². The molecule has 0 aliphatic carbocycles. The van der Waals surface area contributed by atoms with Gasteiger partial charge in [0, 0.05) is 6.54 Å². The molecule has 1 heterocycles. The summed E-state index contributed by atoms with van der Waals surface area (Å²) in [5.41, 5.74) is -0.322. The first-order valence-corrected chi connectivity index (χ1v) is 7.22. The number of benzene rings is 1. The Morgan fingerprint density at radius 1 is 1.27 bits per heavy atom. The molecule has 1 aliphatic rings. The fourth-order valence-electron chi connectivity index (χ4n) is 2.26. The first-order chi connectivity index (χ1) is 10.5. The maximum atomic E-state index is 12.0. The zero-order chi connectivity index (χ0) is 16.2. The normalized spacial score (nSPS) is 16.3. The number of ether oxygens (including phenoxy) is 1. The second-order valence-electron chi connectivity index (χ2n) is 5.68. The molecule has 0 unspecified atom stereocenters. The summed E-state index contributed by atoms with van der Waals surface area (Å²) in [6.07, 6.45) is 1.35. The molecule has 0 atom stereocenters. The van der Waals surface area contributed by atoms with Crippen molar-refractivity contribution in [1.82, 2.24) is 10.2 Å². The first-order valence-electron chi connectivity index (χ1n) is 7.22. The van der Waals surface area contributed by atoms with E-state index in [9.17, 15) is 9.59 Å². The molecule has 3 amide bonds. The molecular formula is C16H19N3O3. The predicted octanol–water partition coefficient (Wildman–Crippen LogP) is 2.05. The standard InChI is InChI=1S/C16H19N3O3/c1-16(2)14(20)19(15(21)18-16)9-5-6-10-22-13-8-4-3-7-12(13)11-17/h3-4,7-8H,5-6,9-10H2,1-2H3,(H,18,21). The maximum absolute atomic E-state index is 12.0. The Morgan fingerprint density at radius 3 is 2.64 bits per heavy atom. The van der Waals surface area contributed by atoms with Gasteiger partial charge in [-0.05, 0) is 38.8 Å². The van der Waals surface area contributed by atoms with E-state index in [0.717, 1.165) is 0 Å². The molecule has 22 heavy (non-hydrogen) atoms. The second-order valence-corrected chi connectivity index (χ2v) is 5.68. The molecule has 1 fully saturated rings. The van der Waals surface area contributed by atoms with Crippen LogP contribution in [-0.4, -0.2) is 35.5 Å². The van der Waals surface area contributed by atoms with Crippen molar-refractivity contribution in [2.45, 2.75) is 32.2 Å². The topological polar surface area (TPSA) is 82.4 Å². The smallest absolute Gasteiger partial charge is 0.325 e. The van der Waals surface area contributed by atoms with E-state index in [2.05, 4.69) is 11.4 Å². The van der Waals surface area contributed by atoms with Crippen LogP contribution in [0.15, 0.2) is 24.3 Å². The van der Waals surface area contributed by atoms with Crippen LogP contribution < -0.4 is 10.1 Å². The van der Waals surface area contributed by atoms with E-state index in [0.29, 0.717) is 37.3 Å². The van der Waals surface area contributed by atoms with Gasteiger partial charge >= 0.3 is 6.03 Å². The quantitative estimate of drug-likeness (QED) is 0.644. The van der Waals surface area contributed by atoms with Gasteiger partial charge in [0.25, 0.3) is 5.91 Å². The van der Waals surface area contributed by atoms with Crippen LogP contribution in [0.3, 0.4) is 0 Å². The number of nitrogens with one attached hydrogen (secondary N) is 1. The van der Waals surface area contributed by atoms with E-state index < -0.39 is 5.54 Å². The lowest BCUT2D eigenvalue weighted by atomic mass is 10.1. The minimum absolute atomic E-state index is 0.201. The Bertz CT molecular complexity index is 619. The molecule has 1 aliphatic heterocycles. The van der Waals surface area contributed by atoms with E-state index in [4.69, 9.17) is 10.00 Å². The number of imide groups is 1. The minimum Gasteiger partial charge on any atom is -0.492 e. The van der Waals surface area contributed by atoms with Crippen LogP contribution in [0.4, 0.5) is 4.79 Å². The molecule has 0 spiro atoms. The van der Waals surface area contributed by atoms with Gasteiger partial charge in [-0.1, -0.05) is 12.1 Å². The number of nitriles is 1. The molecule has 0 aromatic heterocycles. The maximum Gasteiger partial charge on any atom is 0.325 e. The van der Waals surface area contributed by atoms with Crippen molar-refractivity contribution in [3.05, 3.63) is 29.8 Å². The van der Waals surface area contributed by atoms with Gasteiger partial charge in [-0.3, -0.25) is 9.69 Å². The Morgan fingerprint density at radius 2 is 2.00 bits per heavy atom. The average Bonchev–Trinajstić information content (AvgIpc) is 2.68. The molecule has 1 saturated heterocycles. The summed E-state index contributed by atoms with van der Waals surface area (Å²) in [5, 5.41) is 11.6. The van der Waals surface area contributed by atoms with Crippen molar-refractivity contribution in [3.63, 3.8) is 0 Å². The zero-order valence-corrected chi connectivity index (χ0v) is 12.8. The van der Waals surface area contributed by atoms with Crippen molar-refractivity contribution in [3.8, 4) is 11.8 Å². The van der Waals surface area contributed by atoms with Gasteiger partial charge in [0.05, 0.1) is 12.2 Å². The fraction of sp³-hybridized carbons (Fsp3) is 0.438. The SMILES string of the molecule is CC1(C)NC(=O)N(CCCCOc2ccccc2C#N)C1=O. The van der Waals surface area contributed by atoms with Gasteiger partial charge in [-0.15, -0.1) is 0 Å². The Labute approximate surface area is 129 Å². The highest BCUT2D eigenvalue weighted by Gasteiger charge is 2.43. The van der Waals surface area contributed by atoms with E-state index in [-0.39, 0.29) is 11.9 Å². The number of urea groups is 1. The third-order valence-corrected chi connectivity index (χ3v) is 3.49. The summed E-state index contributed by atoms with van der Waals surface area (Å²) in [7, 11) is 0. The molecule has 2 rings (SSSR count). The van der Waals surface area contributed by atoms with Gasteiger partial charge in [-0.2, -0.15) is 5.26 Å². The summed E-state index contributed by atoms with van der Waals surface area (Å²) in [5.74, 6) is 0.356. The highest BCUT2D eigenvalue weighted by Crippen LogP contribution is 2.18. The summed E-state index contributed by atoms with van der Waals surface area (Å²) < 4.78 is 5.56. The summed E-state index contributed by atoms with van der Waals surface area (Å²) in [6, 6.07) is 8.77. The van der Waals surface area contributed by atoms with Crippen molar-refractivity contribution in [2.24, 2.45) is 0 Å². The number of carbonyl (C=O) groups excluding carboxylic acids is 2. The van der Waals surface area contributed by atoms with Crippen LogP contribution >= 0.6 is 0 Å². The Hall–Kier alpha value is -2.55. The van der Waals surface area contributed by atoms with E-state index in [1.54, 1.807) is 32.0 Å². The Balaban J connectivity index is 1.75. The summed E-state index contributed by atoms with van der Waals surface area (Å²) in [4.78, 5) is 24.9. The van der Waals surface area contributed by atoms with E-state index in [1.807, 2.05) is 6.07 Å². The summed E-state index contributed by atoms with van der Waals surface area (Å²) in [6.45, 7) is 4.19. The number of amides is 3. The molecule has 0 saturated carbocycles. The van der Waals surface area contributed by atoms with Crippen LogP contribution in [0.1, 0.15) is 32.3 Å². The van der Waals surface area contributed by atoms with Crippen molar-refractivity contribution in [2.75, 3.05) is 13.2 Å². The zero-order valence-electron chi connectivity index (χ0n) is 12.8. The third-order valence-electron chi connectivity index (χ3n) is 3.49. The van der Waals surface area contributed by atoms with Crippen molar-refractivity contribution < 1.29 is 14.3 Å². The van der Waals surface area contributed by atoms with Gasteiger partial charge in [0.15, 0.2) is 0 Å². The van der Waals surface area contributed by atoms with Crippen LogP contribution in [0.5, 0.6) is 5.75 Å². The molecular weight excluding hydrogens is 282 g/mol. The number of hydrogen-bond acceptors (Lipinski definition) is 4. The van der Waals surface area contributed by atoms with E-state index in [1.165, 1.54) is 4.90 Å². The minimum atomic E-state index is -0.820. The van der Waals surface area contributed by atoms with Crippen molar-refractivity contribution in [1.29, 1.82) is 5.26 Å². The fourth-order valence-corrected chi connectivity index (χ4v) is 2.26. The number of para-hydroxylation sites is 1. The molecule has 0 radical (unpaired) electrons. The summed E-state index contributed by atoms with van der Waals surface area (Å²) >= 11 is 0. The van der Waals surface area contributed by atoms with Crippen molar-refractivity contribution >= 4 is 11.9 Å². The predicted molar refractivity (Wildman–Crippen MR) is 80.2 cm³/mol. The van der Waals surface area contributed by atoms with Gasteiger partial charge in [-0.25, -0.2) is 4.79 Å². The Kier molecular flexibility index (Phi) is 4.66. The molecule has 1 N–H and O–H groups in total. The largest absolute Gasteiger partial charge is 0.492 e. The monoisotopic (exact) mass is 301 g/mol. The van der Waals surface area contributed by atoms with Gasteiger partial charge in [0.1, 0.15) is 17.4 Å². The van der Waals surface area contributed by atoms with Gasteiger partial charge in [0.2, 0.25) is 0 Å². The molecule has 0 bridgehead atoms. The second kappa shape index (κ2) is 6.48. The molecule has 6 nitrogen and oxygen atoms in total. The molecule has 6 heteroatoms. The number of hydrogen-bond donors (Lipinski definition) is 1. The molecule has 1 aromatic carbocycles. The number of nitrogens with zero attached hydrogens (tertiary/aromatic N) is 2. The number of unbranched alkanes of at least 4 members (excludes halogenated alkanes) is 1. The lowest BCUT2D eigenvalue weighted by molar-refractivity contribution is -0.130. The lowest BCUT2D eigenvalue weighted by Gasteiger charge is -2.15. The van der Waals surface area contributed by atoms with Gasteiger partial charge < -0.3 is 10.1 Å². The molecule has 116 valence electrons. The third kappa shape index (κ3) is 3.37. The lowest BCUT2D eigenvalue weighted by Crippen LogP contribution is -2.40. The van der Waals surface area contributed by atoms with Crippen LogP contribution in [-0.2, 0) is 4.79 Å². The number of rotatable bonds is 6.